The average molecular weight is 194 g/mol. The highest BCUT2D eigenvalue weighted by atomic mass is 16.3. The fourth-order valence-electron chi connectivity index (χ4n) is 1.57. The predicted octanol–water partition coefficient (Wildman–Crippen LogP) is 1.96. The summed E-state index contributed by atoms with van der Waals surface area (Å²) in [5, 5.41) is 13.5. The monoisotopic (exact) mass is 194 g/mol. The Morgan fingerprint density at radius 1 is 1.50 bits per heavy atom. The Balaban J connectivity index is 2.72. The lowest BCUT2D eigenvalue weighted by Gasteiger charge is -2.02. The Morgan fingerprint density at radius 3 is 2.71 bits per heavy atom. The highest BCUT2D eigenvalue weighted by Crippen LogP contribution is 2.13. The topological polar surface area (TPSA) is 38.0 Å². The highest BCUT2D eigenvalue weighted by Gasteiger charge is 2.09. The third kappa shape index (κ3) is 2.23. The molecule has 0 atom stereocenters. The van der Waals surface area contributed by atoms with Gasteiger partial charge in [0.05, 0.1) is 12.3 Å². The number of unbranched alkanes of at least 4 members (excludes halogenated alkanes) is 1. The van der Waals surface area contributed by atoms with E-state index in [1.165, 1.54) is 0 Å². The number of hydrogen-bond acceptors (Lipinski definition) is 2. The van der Waals surface area contributed by atoms with Gasteiger partial charge in [-0.1, -0.05) is 6.08 Å². The van der Waals surface area contributed by atoms with Crippen LogP contribution in [0.15, 0.2) is 12.7 Å². The minimum absolute atomic E-state index is 0.0825. The first-order valence-corrected chi connectivity index (χ1v) is 4.95. The lowest BCUT2D eigenvalue weighted by Crippen LogP contribution is -2.02. The van der Waals surface area contributed by atoms with Gasteiger partial charge in [-0.25, -0.2) is 0 Å². The van der Waals surface area contributed by atoms with E-state index in [0.717, 1.165) is 36.3 Å². The zero-order valence-electron chi connectivity index (χ0n) is 8.95. The Morgan fingerprint density at radius 2 is 2.21 bits per heavy atom. The quantitative estimate of drug-likeness (QED) is 0.574. The number of aromatic nitrogens is 2. The maximum Gasteiger partial charge on any atom is 0.0718 e. The van der Waals surface area contributed by atoms with Crippen molar-refractivity contribution in [3.8, 4) is 0 Å². The molecule has 0 spiro atoms. The second kappa shape index (κ2) is 4.96. The van der Waals surface area contributed by atoms with Crippen LogP contribution in [0.4, 0.5) is 0 Å². The fraction of sp³-hybridized carbons (Fsp3) is 0.545. The minimum Gasteiger partial charge on any atom is -0.392 e. The van der Waals surface area contributed by atoms with Gasteiger partial charge in [0.25, 0.3) is 0 Å². The van der Waals surface area contributed by atoms with Gasteiger partial charge in [-0.15, -0.1) is 6.58 Å². The molecule has 1 aromatic rings. The zero-order chi connectivity index (χ0) is 10.6. The van der Waals surface area contributed by atoms with E-state index in [0.29, 0.717) is 0 Å². The molecule has 1 rings (SSSR count). The van der Waals surface area contributed by atoms with Crippen molar-refractivity contribution >= 4 is 0 Å². The molecular weight excluding hydrogens is 176 g/mol. The maximum atomic E-state index is 9.11. The summed E-state index contributed by atoms with van der Waals surface area (Å²) in [4.78, 5) is 0. The number of nitrogens with zero attached hydrogens (tertiary/aromatic N) is 2. The summed E-state index contributed by atoms with van der Waals surface area (Å²) in [6, 6.07) is 0. The lowest BCUT2D eigenvalue weighted by atomic mass is 10.2. The van der Waals surface area contributed by atoms with Gasteiger partial charge in [-0.3, -0.25) is 4.68 Å². The standard InChI is InChI=1S/C11H18N2O/c1-4-5-6-7-13-10(3)11(8-14)9(2)12-13/h4,14H,1,5-8H2,2-3H3. The first-order chi connectivity index (χ1) is 6.70. The fourth-order valence-corrected chi connectivity index (χ4v) is 1.57. The van der Waals surface area contributed by atoms with Crippen LogP contribution in [0.5, 0.6) is 0 Å². The molecule has 0 aliphatic heterocycles. The summed E-state index contributed by atoms with van der Waals surface area (Å²) in [6.45, 7) is 8.60. The van der Waals surface area contributed by atoms with Gasteiger partial charge in [0.1, 0.15) is 0 Å². The van der Waals surface area contributed by atoms with Gasteiger partial charge >= 0.3 is 0 Å². The summed E-state index contributed by atoms with van der Waals surface area (Å²) >= 11 is 0. The van der Waals surface area contributed by atoms with Crippen LogP contribution < -0.4 is 0 Å². The van der Waals surface area contributed by atoms with Crippen molar-refractivity contribution < 1.29 is 5.11 Å². The molecule has 0 aliphatic carbocycles. The lowest BCUT2D eigenvalue weighted by molar-refractivity contribution is 0.280. The molecule has 0 radical (unpaired) electrons. The van der Waals surface area contributed by atoms with Crippen molar-refractivity contribution in [2.45, 2.75) is 39.8 Å². The van der Waals surface area contributed by atoms with Crippen LogP contribution in [0.25, 0.3) is 0 Å². The van der Waals surface area contributed by atoms with Gasteiger partial charge in [0.2, 0.25) is 0 Å². The van der Waals surface area contributed by atoms with Crippen molar-refractivity contribution in [3.05, 3.63) is 29.6 Å². The summed E-state index contributed by atoms with van der Waals surface area (Å²) in [7, 11) is 0. The Labute approximate surface area is 85.1 Å². The average Bonchev–Trinajstić information content (AvgIpc) is 2.42. The van der Waals surface area contributed by atoms with Gasteiger partial charge in [-0.2, -0.15) is 5.10 Å². The number of aliphatic hydroxyl groups excluding tert-OH is 1. The number of allylic oxidation sites excluding steroid dienone is 1. The number of aliphatic hydroxyl groups is 1. The van der Waals surface area contributed by atoms with Crippen LogP contribution in [0.2, 0.25) is 0 Å². The molecule has 3 heteroatoms. The molecule has 1 N–H and O–H groups in total. The van der Waals surface area contributed by atoms with Crippen LogP contribution in [0, 0.1) is 13.8 Å². The van der Waals surface area contributed by atoms with Crippen molar-refractivity contribution in [2.24, 2.45) is 0 Å². The van der Waals surface area contributed by atoms with Crippen molar-refractivity contribution in [1.29, 1.82) is 0 Å². The van der Waals surface area contributed by atoms with Crippen molar-refractivity contribution in [2.75, 3.05) is 0 Å². The van der Waals surface area contributed by atoms with Crippen LogP contribution in [0.1, 0.15) is 29.8 Å². The van der Waals surface area contributed by atoms with E-state index < -0.39 is 0 Å². The second-order valence-corrected chi connectivity index (χ2v) is 3.46. The maximum absolute atomic E-state index is 9.11. The molecular formula is C11H18N2O. The first-order valence-electron chi connectivity index (χ1n) is 4.95. The van der Waals surface area contributed by atoms with Crippen molar-refractivity contribution in [1.82, 2.24) is 9.78 Å². The van der Waals surface area contributed by atoms with Crippen LogP contribution in [-0.4, -0.2) is 14.9 Å². The zero-order valence-corrected chi connectivity index (χ0v) is 8.95. The molecule has 0 unspecified atom stereocenters. The van der Waals surface area contributed by atoms with Crippen LogP contribution in [-0.2, 0) is 13.2 Å². The third-order valence-electron chi connectivity index (χ3n) is 2.47. The minimum atomic E-state index is 0.0825. The van der Waals surface area contributed by atoms with Gasteiger partial charge < -0.3 is 5.11 Å². The largest absolute Gasteiger partial charge is 0.392 e. The van der Waals surface area contributed by atoms with E-state index in [2.05, 4.69) is 11.7 Å². The molecule has 3 nitrogen and oxygen atoms in total. The molecule has 0 saturated heterocycles. The molecule has 0 aliphatic rings. The molecule has 14 heavy (non-hydrogen) atoms. The van der Waals surface area contributed by atoms with Crippen molar-refractivity contribution in [3.63, 3.8) is 0 Å². The van der Waals surface area contributed by atoms with Gasteiger partial charge in [0.15, 0.2) is 0 Å². The summed E-state index contributed by atoms with van der Waals surface area (Å²) in [5.74, 6) is 0. The number of rotatable bonds is 5. The Hall–Kier alpha value is -1.09. The number of aryl methyl sites for hydroxylation is 2. The summed E-state index contributed by atoms with van der Waals surface area (Å²) < 4.78 is 1.96. The summed E-state index contributed by atoms with van der Waals surface area (Å²) in [5.41, 5.74) is 2.97. The third-order valence-corrected chi connectivity index (χ3v) is 2.47. The predicted molar refractivity (Wildman–Crippen MR) is 57.1 cm³/mol. The van der Waals surface area contributed by atoms with E-state index in [-0.39, 0.29) is 6.61 Å². The van der Waals surface area contributed by atoms with Gasteiger partial charge in [-0.05, 0) is 26.7 Å². The molecule has 0 fully saturated rings. The second-order valence-electron chi connectivity index (χ2n) is 3.46. The molecule has 0 saturated carbocycles. The molecule has 78 valence electrons. The SMILES string of the molecule is C=CCCCn1nc(C)c(CO)c1C. The molecule has 0 bridgehead atoms. The van der Waals surface area contributed by atoms with Crippen LogP contribution >= 0.6 is 0 Å². The molecule has 1 aromatic heterocycles. The molecule has 0 aromatic carbocycles. The van der Waals surface area contributed by atoms with E-state index in [1.54, 1.807) is 0 Å². The Kier molecular flexibility index (Phi) is 3.89. The highest BCUT2D eigenvalue weighted by molar-refractivity contribution is 5.23. The first kappa shape index (κ1) is 11.0. The van der Waals surface area contributed by atoms with E-state index in [4.69, 9.17) is 5.11 Å². The molecule has 1 heterocycles. The summed E-state index contributed by atoms with van der Waals surface area (Å²) in [6.07, 6.45) is 3.97. The smallest absolute Gasteiger partial charge is 0.0718 e. The number of hydrogen-bond donors (Lipinski definition) is 1. The van der Waals surface area contributed by atoms with E-state index >= 15 is 0 Å². The van der Waals surface area contributed by atoms with Gasteiger partial charge in [0, 0.05) is 17.8 Å². The Bertz CT molecular complexity index is 315. The molecule has 0 amide bonds. The van der Waals surface area contributed by atoms with Crippen LogP contribution in [0.3, 0.4) is 0 Å². The normalized spacial score (nSPS) is 10.5. The van der Waals surface area contributed by atoms with E-state index in [1.807, 2.05) is 24.6 Å². The van der Waals surface area contributed by atoms with E-state index in [9.17, 15) is 0 Å².